The van der Waals surface area contributed by atoms with Crippen molar-refractivity contribution in [3.8, 4) is 0 Å². The maximum absolute atomic E-state index is 12.3. The van der Waals surface area contributed by atoms with Crippen molar-refractivity contribution in [2.75, 3.05) is 16.0 Å². The van der Waals surface area contributed by atoms with Gasteiger partial charge in [-0.15, -0.1) is 0 Å². The van der Waals surface area contributed by atoms with Crippen LogP contribution < -0.4 is 16.0 Å². The molecular weight excluding hydrogens is 362 g/mol. The maximum Gasteiger partial charge on any atom is 0.323 e. The fraction of sp³-hybridized carbons (Fsp3) is 0.0625. The molecule has 0 unspecified atom stereocenters. The molecule has 0 heterocycles. The van der Waals surface area contributed by atoms with E-state index in [1.807, 2.05) is 0 Å². The molecule has 23 heavy (non-hydrogen) atoms. The van der Waals surface area contributed by atoms with E-state index in [0.29, 0.717) is 15.8 Å². The second-order valence-electron chi connectivity index (χ2n) is 4.69. The number of nitrogens with two attached hydrogens (primary N) is 1. The first-order chi connectivity index (χ1) is 10.9. The molecule has 0 aromatic heterocycles. The van der Waals surface area contributed by atoms with Crippen molar-refractivity contribution in [1.29, 1.82) is 0 Å². The summed E-state index contributed by atoms with van der Waals surface area (Å²) in [6, 6.07) is 12.9. The molecule has 2 aromatic carbocycles. The summed E-state index contributed by atoms with van der Waals surface area (Å²) < 4.78 is 0.628. The zero-order chi connectivity index (χ0) is 17.0. The van der Waals surface area contributed by atoms with E-state index in [1.165, 1.54) is 19.1 Å². The summed E-state index contributed by atoms with van der Waals surface area (Å²) in [7, 11) is 0. The minimum atomic E-state index is -0.974. The van der Waals surface area contributed by atoms with Gasteiger partial charge in [-0.2, -0.15) is 0 Å². The molecule has 0 bridgehead atoms. The minimum absolute atomic E-state index is 0.277. The van der Waals surface area contributed by atoms with E-state index in [9.17, 15) is 14.4 Å². The van der Waals surface area contributed by atoms with Gasteiger partial charge in [0.1, 0.15) is 0 Å². The van der Waals surface area contributed by atoms with Gasteiger partial charge in [0, 0.05) is 17.1 Å². The molecular formula is C16H14BrN3O3. The van der Waals surface area contributed by atoms with Gasteiger partial charge in [0.2, 0.25) is 5.91 Å². The Labute approximate surface area is 141 Å². The summed E-state index contributed by atoms with van der Waals surface area (Å²) in [5.41, 5.74) is 6.79. The largest absolute Gasteiger partial charge is 0.399 e. The van der Waals surface area contributed by atoms with Crippen LogP contribution in [0.1, 0.15) is 6.92 Å². The first-order valence-corrected chi connectivity index (χ1v) is 7.45. The van der Waals surface area contributed by atoms with Gasteiger partial charge >= 0.3 is 11.8 Å². The Morgan fingerprint density at radius 1 is 1.04 bits per heavy atom. The van der Waals surface area contributed by atoms with Crippen molar-refractivity contribution < 1.29 is 14.4 Å². The van der Waals surface area contributed by atoms with Crippen LogP contribution in [0, 0.1) is 0 Å². The number of benzene rings is 2. The molecule has 118 valence electrons. The van der Waals surface area contributed by atoms with Crippen LogP contribution in [0.25, 0.3) is 0 Å². The molecule has 7 heteroatoms. The third-order valence-corrected chi connectivity index (χ3v) is 3.68. The zero-order valence-corrected chi connectivity index (χ0v) is 13.8. The van der Waals surface area contributed by atoms with E-state index in [4.69, 9.17) is 5.73 Å². The summed E-state index contributed by atoms with van der Waals surface area (Å²) in [6.45, 7) is 1.21. The number of amides is 3. The Hall–Kier alpha value is -2.67. The number of imide groups is 1. The Kier molecular flexibility index (Phi) is 5.13. The summed E-state index contributed by atoms with van der Waals surface area (Å²) in [5.74, 6) is -2.45. The molecule has 0 aliphatic rings. The third kappa shape index (κ3) is 3.95. The molecule has 0 fully saturated rings. The Morgan fingerprint density at radius 3 is 2.22 bits per heavy atom. The van der Waals surface area contributed by atoms with E-state index in [-0.39, 0.29) is 5.69 Å². The lowest BCUT2D eigenvalue weighted by Gasteiger charge is -2.19. The first kappa shape index (κ1) is 16.7. The normalized spacial score (nSPS) is 10.0. The number of carbonyl (C=O) groups is 3. The van der Waals surface area contributed by atoms with Crippen molar-refractivity contribution in [3.05, 3.63) is 53.0 Å². The predicted octanol–water partition coefficient (Wildman–Crippen LogP) is 2.55. The minimum Gasteiger partial charge on any atom is -0.399 e. The molecule has 0 spiro atoms. The molecule has 3 N–H and O–H groups in total. The number of rotatable bonds is 2. The van der Waals surface area contributed by atoms with Crippen LogP contribution in [0.4, 0.5) is 17.1 Å². The quantitative estimate of drug-likeness (QED) is 0.622. The average molecular weight is 376 g/mol. The lowest BCUT2D eigenvalue weighted by atomic mass is 10.2. The van der Waals surface area contributed by atoms with Gasteiger partial charge in [0.15, 0.2) is 0 Å². The Bertz CT molecular complexity index is 759. The average Bonchev–Trinajstić information content (AvgIpc) is 2.51. The molecule has 0 saturated heterocycles. The van der Waals surface area contributed by atoms with Gasteiger partial charge in [-0.05, 0) is 52.3 Å². The lowest BCUT2D eigenvalue weighted by molar-refractivity contribution is -0.136. The second-order valence-corrected chi connectivity index (χ2v) is 5.54. The summed E-state index contributed by atoms with van der Waals surface area (Å²) in [5, 5.41) is 2.47. The SMILES string of the molecule is CC(=O)N(C(=O)C(=O)Nc1ccccc1Br)c1ccc(N)cc1. The number of halogens is 1. The van der Waals surface area contributed by atoms with Gasteiger partial charge in [-0.25, -0.2) is 4.90 Å². The van der Waals surface area contributed by atoms with E-state index in [2.05, 4.69) is 21.2 Å². The number of hydrogen-bond acceptors (Lipinski definition) is 4. The van der Waals surface area contributed by atoms with Crippen molar-refractivity contribution >= 4 is 50.7 Å². The summed E-state index contributed by atoms with van der Waals surface area (Å²) in [4.78, 5) is 37.1. The highest BCUT2D eigenvalue weighted by Gasteiger charge is 2.27. The van der Waals surface area contributed by atoms with Gasteiger partial charge in [-0.3, -0.25) is 14.4 Å². The van der Waals surface area contributed by atoms with Crippen LogP contribution in [0.15, 0.2) is 53.0 Å². The zero-order valence-electron chi connectivity index (χ0n) is 12.2. The van der Waals surface area contributed by atoms with Crippen LogP contribution in [0.3, 0.4) is 0 Å². The van der Waals surface area contributed by atoms with Crippen LogP contribution in [-0.2, 0) is 14.4 Å². The molecule has 0 radical (unpaired) electrons. The number of anilines is 3. The predicted molar refractivity (Wildman–Crippen MR) is 91.8 cm³/mol. The van der Waals surface area contributed by atoms with E-state index in [1.54, 1.807) is 36.4 Å². The molecule has 3 amide bonds. The smallest absolute Gasteiger partial charge is 0.323 e. The van der Waals surface area contributed by atoms with Crippen LogP contribution in [-0.4, -0.2) is 17.7 Å². The summed E-state index contributed by atoms with van der Waals surface area (Å²) in [6.07, 6.45) is 0. The number of para-hydroxylation sites is 1. The van der Waals surface area contributed by atoms with Crippen LogP contribution >= 0.6 is 15.9 Å². The molecule has 2 rings (SSSR count). The van der Waals surface area contributed by atoms with Crippen molar-refractivity contribution in [3.63, 3.8) is 0 Å². The van der Waals surface area contributed by atoms with Crippen molar-refractivity contribution in [2.24, 2.45) is 0 Å². The van der Waals surface area contributed by atoms with Crippen molar-refractivity contribution in [1.82, 2.24) is 0 Å². The number of nitrogen functional groups attached to an aromatic ring is 1. The monoisotopic (exact) mass is 375 g/mol. The first-order valence-electron chi connectivity index (χ1n) is 6.66. The molecule has 0 atom stereocenters. The number of nitrogens with one attached hydrogen (secondary N) is 1. The number of carbonyl (C=O) groups excluding carboxylic acids is 3. The van der Waals surface area contributed by atoms with Gasteiger partial charge in [0.25, 0.3) is 0 Å². The highest BCUT2D eigenvalue weighted by atomic mass is 79.9. The van der Waals surface area contributed by atoms with E-state index in [0.717, 1.165) is 4.90 Å². The maximum atomic E-state index is 12.3. The standard InChI is InChI=1S/C16H14BrN3O3/c1-10(21)20(12-8-6-11(18)7-9-12)16(23)15(22)19-14-5-3-2-4-13(14)17/h2-9H,18H2,1H3,(H,19,22). The van der Waals surface area contributed by atoms with Gasteiger partial charge < -0.3 is 11.1 Å². The van der Waals surface area contributed by atoms with E-state index < -0.39 is 17.7 Å². The third-order valence-electron chi connectivity index (χ3n) is 2.99. The number of nitrogens with zero attached hydrogens (tertiary/aromatic N) is 1. The molecule has 0 aliphatic heterocycles. The molecule has 6 nitrogen and oxygen atoms in total. The fourth-order valence-electron chi connectivity index (χ4n) is 1.91. The Morgan fingerprint density at radius 2 is 1.65 bits per heavy atom. The fourth-order valence-corrected chi connectivity index (χ4v) is 2.29. The topological polar surface area (TPSA) is 92.5 Å². The summed E-state index contributed by atoms with van der Waals surface area (Å²) >= 11 is 3.27. The molecule has 0 saturated carbocycles. The van der Waals surface area contributed by atoms with Crippen LogP contribution in [0.2, 0.25) is 0 Å². The second kappa shape index (κ2) is 7.06. The Balaban J connectivity index is 2.24. The van der Waals surface area contributed by atoms with E-state index >= 15 is 0 Å². The molecule has 0 aliphatic carbocycles. The van der Waals surface area contributed by atoms with Crippen molar-refractivity contribution in [2.45, 2.75) is 6.92 Å². The van der Waals surface area contributed by atoms with Gasteiger partial charge in [0.05, 0.1) is 11.4 Å². The van der Waals surface area contributed by atoms with Crippen LogP contribution in [0.5, 0.6) is 0 Å². The highest BCUT2D eigenvalue weighted by molar-refractivity contribution is 9.10. The lowest BCUT2D eigenvalue weighted by Crippen LogP contribution is -2.42. The number of hydrogen-bond donors (Lipinski definition) is 2. The highest BCUT2D eigenvalue weighted by Crippen LogP contribution is 2.22. The molecule has 2 aromatic rings. The van der Waals surface area contributed by atoms with Gasteiger partial charge in [-0.1, -0.05) is 12.1 Å².